The molecule has 3 nitrogen and oxygen atoms in total. The molecule has 0 spiro atoms. The fourth-order valence-electron chi connectivity index (χ4n) is 1.24. The highest BCUT2D eigenvalue weighted by molar-refractivity contribution is 5.97. The van der Waals surface area contributed by atoms with Crippen LogP contribution in [0, 0.1) is 5.92 Å². The van der Waals surface area contributed by atoms with Crippen LogP contribution in [0.1, 0.15) is 30.6 Å². The van der Waals surface area contributed by atoms with Crippen molar-refractivity contribution in [1.29, 1.82) is 0 Å². The van der Waals surface area contributed by atoms with Gasteiger partial charge in [-0.2, -0.15) is 13.2 Å². The average molecular weight is 261 g/mol. The van der Waals surface area contributed by atoms with Crippen molar-refractivity contribution in [3.8, 4) is 5.88 Å². The van der Waals surface area contributed by atoms with E-state index in [1.165, 1.54) is 18.3 Å². The SMILES string of the molecule is CC[C@@H](C)C(=O)c1ccc(OCC(F)(F)F)nc1. The summed E-state index contributed by atoms with van der Waals surface area (Å²) in [5, 5.41) is 0. The summed E-state index contributed by atoms with van der Waals surface area (Å²) < 4.78 is 40.1. The Morgan fingerprint density at radius 1 is 1.44 bits per heavy atom. The lowest BCUT2D eigenvalue weighted by molar-refractivity contribution is -0.154. The summed E-state index contributed by atoms with van der Waals surface area (Å²) in [5.74, 6) is -0.353. The largest absolute Gasteiger partial charge is 0.468 e. The second kappa shape index (κ2) is 5.84. The van der Waals surface area contributed by atoms with Crippen molar-refractivity contribution in [2.75, 3.05) is 6.61 Å². The number of nitrogens with zero attached hydrogens (tertiary/aromatic N) is 1. The van der Waals surface area contributed by atoms with Gasteiger partial charge in [-0.3, -0.25) is 4.79 Å². The molecule has 0 aliphatic heterocycles. The van der Waals surface area contributed by atoms with E-state index in [-0.39, 0.29) is 17.6 Å². The van der Waals surface area contributed by atoms with Gasteiger partial charge in [-0.05, 0) is 12.5 Å². The van der Waals surface area contributed by atoms with E-state index in [1.807, 2.05) is 6.92 Å². The number of ketones is 1. The monoisotopic (exact) mass is 261 g/mol. The van der Waals surface area contributed by atoms with Crippen LogP contribution in [0.3, 0.4) is 0 Å². The minimum atomic E-state index is -4.40. The fourth-order valence-corrected chi connectivity index (χ4v) is 1.24. The molecule has 0 unspecified atom stereocenters. The number of halogens is 3. The standard InChI is InChI=1S/C12H14F3NO2/c1-3-8(2)11(17)9-4-5-10(16-6-9)18-7-12(13,14)15/h4-6,8H,3,7H2,1-2H3/t8-/m1/s1. The van der Waals surface area contributed by atoms with Gasteiger partial charge in [0.25, 0.3) is 0 Å². The van der Waals surface area contributed by atoms with E-state index in [0.717, 1.165) is 0 Å². The van der Waals surface area contributed by atoms with Crippen molar-refractivity contribution < 1.29 is 22.7 Å². The van der Waals surface area contributed by atoms with Crippen LogP contribution in [0.15, 0.2) is 18.3 Å². The van der Waals surface area contributed by atoms with Crippen molar-refractivity contribution in [3.05, 3.63) is 23.9 Å². The second-order valence-corrected chi connectivity index (χ2v) is 3.96. The number of Topliss-reactive ketones (excluding diaryl/α,β-unsaturated/α-hetero) is 1. The molecule has 0 saturated heterocycles. The minimum absolute atomic E-state index is 0.0765. The molecular formula is C12H14F3NO2. The van der Waals surface area contributed by atoms with Gasteiger partial charge in [0, 0.05) is 23.7 Å². The van der Waals surface area contributed by atoms with Gasteiger partial charge < -0.3 is 4.74 Å². The summed E-state index contributed by atoms with van der Waals surface area (Å²) in [6.45, 7) is 2.28. The molecule has 0 N–H and O–H groups in total. The molecule has 0 aliphatic carbocycles. The highest BCUT2D eigenvalue weighted by Gasteiger charge is 2.28. The Morgan fingerprint density at radius 3 is 2.56 bits per heavy atom. The van der Waals surface area contributed by atoms with Crippen LogP contribution < -0.4 is 4.74 Å². The molecule has 100 valence electrons. The third kappa shape index (κ3) is 4.35. The van der Waals surface area contributed by atoms with E-state index in [1.54, 1.807) is 6.92 Å². The molecule has 1 aromatic rings. The number of hydrogen-bond acceptors (Lipinski definition) is 3. The molecule has 6 heteroatoms. The third-order valence-corrected chi connectivity index (χ3v) is 2.46. The van der Waals surface area contributed by atoms with Gasteiger partial charge in [0.15, 0.2) is 12.4 Å². The lowest BCUT2D eigenvalue weighted by atomic mass is 9.99. The van der Waals surface area contributed by atoms with Gasteiger partial charge >= 0.3 is 6.18 Å². The van der Waals surface area contributed by atoms with Gasteiger partial charge in [-0.15, -0.1) is 0 Å². The first kappa shape index (κ1) is 14.5. The quantitative estimate of drug-likeness (QED) is 0.764. The normalized spacial score (nSPS) is 13.2. The average Bonchev–Trinajstić information content (AvgIpc) is 2.34. The minimum Gasteiger partial charge on any atom is -0.468 e. The Kier molecular flexibility index (Phi) is 4.69. The number of rotatable bonds is 5. The zero-order chi connectivity index (χ0) is 13.8. The lowest BCUT2D eigenvalue weighted by Gasteiger charge is -2.09. The molecule has 1 aromatic heterocycles. The van der Waals surface area contributed by atoms with E-state index < -0.39 is 12.8 Å². The Labute approximate surface area is 103 Å². The van der Waals surface area contributed by atoms with Gasteiger partial charge in [-0.1, -0.05) is 13.8 Å². The Balaban J connectivity index is 2.66. The topological polar surface area (TPSA) is 39.2 Å². The van der Waals surface area contributed by atoms with E-state index in [0.29, 0.717) is 12.0 Å². The molecular weight excluding hydrogens is 247 g/mol. The molecule has 0 radical (unpaired) electrons. The van der Waals surface area contributed by atoms with Crippen LogP contribution in [-0.4, -0.2) is 23.6 Å². The Hall–Kier alpha value is -1.59. The summed E-state index contributed by atoms with van der Waals surface area (Å²) in [7, 11) is 0. The molecule has 0 aliphatic rings. The van der Waals surface area contributed by atoms with Crippen LogP contribution >= 0.6 is 0 Å². The van der Waals surface area contributed by atoms with Crippen LogP contribution in [0.5, 0.6) is 5.88 Å². The summed E-state index contributed by atoms with van der Waals surface area (Å²) in [4.78, 5) is 15.4. The molecule has 1 rings (SSSR count). The Bertz CT molecular complexity index is 401. The smallest absolute Gasteiger partial charge is 0.422 e. The summed E-state index contributed by atoms with van der Waals surface area (Å²) in [6, 6.07) is 2.69. The molecule has 0 aromatic carbocycles. The summed E-state index contributed by atoms with van der Waals surface area (Å²) in [6.07, 6.45) is -2.46. The van der Waals surface area contributed by atoms with Crippen LogP contribution in [0.25, 0.3) is 0 Å². The molecule has 0 bridgehead atoms. The lowest BCUT2D eigenvalue weighted by Crippen LogP contribution is -2.19. The first-order valence-corrected chi connectivity index (χ1v) is 5.53. The van der Waals surface area contributed by atoms with Crippen LogP contribution in [0.4, 0.5) is 13.2 Å². The number of aromatic nitrogens is 1. The molecule has 0 amide bonds. The maximum absolute atomic E-state index is 11.9. The van der Waals surface area contributed by atoms with Crippen LogP contribution in [-0.2, 0) is 0 Å². The molecule has 0 fully saturated rings. The molecule has 0 saturated carbocycles. The van der Waals surface area contributed by atoms with E-state index in [4.69, 9.17) is 0 Å². The van der Waals surface area contributed by atoms with E-state index in [2.05, 4.69) is 9.72 Å². The fraction of sp³-hybridized carbons (Fsp3) is 0.500. The second-order valence-electron chi connectivity index (χ2n) is 3.96. The number of pyridine rings is 1. The summed E-state index contributed by atoms with van der Waals surface area (Å²) in [5.41, 5.74) is 0.378. The number of alkyl halides is 3. The van der Waals surface area contributed by atoms with Crippen molar-refractivity contribution in [1.82, 2.24) is 4.98 Å². The van der Waals surface area contributed by atoms with Crippen molar-refractivity contribution in [2.24, 2.45) is 5.92 Å². The number of carbonyl (C=O) groups excluding carboxylic acids is 1. The van der Waals surface area contributed by atoms with E-state index in [9.17, 15) is 18.0 Å². The zero-order valence-corrected chi connectivity index (χ0v) is 10.1. The molecule has 1 heterocycles. The molecule has 18 heavy (non-hydrogen) atoms. The van der Waals surface area contributed by atoms with Crippen molar-refractivity contribution >= 4 is 5.78 Å². The maximum atomic E-state index is 11.9. The van der Waals surface area contributed by atoms with Gasteiger partial charge in [-0.25, -0.2) is 4.98 Å². The first-order valence-electron chi connectivity index (χ1n) is 5.53. The van der Waals surface area contributed by atoms with Gasteiger partial charge in [0.1, 0.15) is 0 Å². The van der Waals surface area contributed by atoms with E-state index >= 15 is 0 Å². The maximum Gasteiger partial charge on any atom is 0.422 e. The highest BCUT2D eigenvalue weighted by atomic mass is 19.4. The number of carbonyl (C=O) groups is 1. The van der Waals surface area contributed by atoms with Gasteiger partial charge in [0.05, 0.1) is 0 Å². The number of ether oxygens (including phenoxy) is 1. The third-order valence-electron chi connectivity index (χ3n) is 2.46. The van der Waals surface area contributed by atoms with Crippen LogP contribution in [0.2, 0.25) is 0 Å². The predicted octanol–water partition coefficient (Wildman–Crippen LogP) is 3.25. The number of hydrogen-bond donors (Lipinski definition) is 0. The van der Waals surface area contributed by atoms with Crippen molar-refractivity contribution in [2.45, 2.75) is 26.4 Å². The zero-order valence-electron chi connectivity index (χ0n) is 10.1. The van der Waals surface area contributed by atoms with Crippen molar-refractivity contribution in [3.63, 3.8) is 0 Å². The first-order chi connectivity index (χ1) is 8.33. The predicted molar refractivity (Wildman–Crippen MR) is 59.6 cm³/mol. The highest BCUT2D eigenvalue weighted by Crippen LogP contribution is 2.18. The Morgan fingerprint density at radius 2 is 2.11 bits per heavy atom. The summed E-state index contributed by atoms with van der Waals surface area (Å²) >= 11 is 0. The van der Waals surface area contributed by atoms with Gasteiger partial charge in [0.2, 0.25) is 5.88 Å². The molecule has 1 atom stereocenters.